The predicted octanol–water partition coefficient (Wildman–Crippen LogP) is 1.28. The fourth-order valence-corrected chi connectivity index (χ4v) is 1.21. The lowest BCUT2D eigenvalue weighted by molar-refractivity contribution is 0.455. The average Bonchev–Trinajstić information content (AvgIpc) is 1.85. The first kappa shape index (κ1) is 8.52. The Labute approximate surface area is 70.9 Å². The van der Waals surface area contributed by atoms with E-state index in [9.17, 15) is 8.76 Å². The van der Waals surface area contributed by atoms with Crippen molar-refractivity contribution in [2.75, 3.05) is 0 Å². The number of hydrogen-bond donors (Lipinski definition) is 1. The van der Waals surface area contributed by atoms with Crippen molar-refractivity contribution in [1.82, 2.24) is 0 Å². The van der Waals surface area contributed by atoms with Crippen molar-refractivity contribution < 1.29 is 13.9 Å². The summed E-state index contributed by atoms with van der Waals surface area (Å²) in [5, 5.41) is 9.29. The number of hydrogen-bond acceptors (Lipinski definition) is 3. The molecule has 1 atom stereocenters. The second kappa shape index (κ2) is 3.21. The fourth-order valence-electron chi connectivity index (χ4n) is 0.631. The molecule has 5 heteroatoms. The van der Waals surface area contributed by atoms with Gasteiger partial charge in [0.15, 0.2) is 0 Å². The summed E-state index contributed by atoms with van der Waals surface area (Å²) in [7, 11) is 0. The minimum absolute atomic E-state index is 0.144. The van der Waals surface area contributed by atoms with E-state index in [0.717, 1.165) is 0 Å². The zero-order valence-corrected chi connectivity index (χ0v) is 6.85. The van der Waals surface area contributed by atoms with Crippen LogP contribution in [-0.4, -0.2) is 13.9 Å². The number of halogens is 1. The van der Waals surface area contributed by atoms with E-state index >= 15 is 0 Å². The number of phenols is 1. The van der Waals surface area contributed by atoms with E-state index in [2.05, 4.69) is 0 Å². The molecule has 0 aliphatic heterocycles. The minimum Gasteiger partial charge on any atom is -0.768 e. The first-order valence-corrected chi connectivity index (χ1v) is 4.14. The van der Waals surface area contributed by atoms with Crippen LogP contribution in [0.5, 0.6) is 5.75 Å². The maximum atomic E-state index is 10.3. The van der Waals surface area contributed by atoms with Crippen LogP contribution in [0.2, 0.25) is 5.02 Å². The highest BCUT2D eigenvalue weighted by Gasteiger charge is 2.00. The molecule has 0 bridgehead atoms. The van der Waals surface area contributed by atoms with E-state index in [4.69, 9.17) is 16.7 Å². The number of rotatable bonds is 1. The lowest BCUT2D eigenvalue weighted by Crippen LogP contribution is -1.88. The Morgan fingerprint density at radius 1 is 1.55 bits per heavy atom. The number of phenolic OH excluding ortho intramolecular Hbond substituents is 1. The minimum atomic E-state index is -2.41. The zero-order chi connectivity index (χ0) is 8.43. The molecule has 1 rings (SSSR count). The SMILES string of the molecule is O=S([O-])c1ccc(Cl)cc1O. The highest BCUT2D eigenvalue weighted by Crippen LogP contribution is 2.23. The normalized spacial score (nSPS) is 12.9. The van der Waals surface area contributed by atoms with Crippen molar-refractivity contribution in [3.8, 4) is 5.75 Å². The molecule has 1 aromatic rings. The fraction of sp³-hybridized carbons (Fsp3) is 0. The summed E-state index contributed by atoms with van der Waals surface area (Å²) in [6.07, 6.45) is 0. The lowest BCUT2D eigenvalue weighted by atomic mass is 10.3. The molecule has 0 fully saturated rings. The summed E-state index contributed by atoms with van der Waals surface area (Å²) in [4.78, 5) is -0.144. The molecule has 0 aliphatic carbocycles. The third-order valence-corrected chi connectivity index (χ3v) is 2.04. The molecule has 1 aromatic carbocycles. The summed E-state index contributed by atoms with van der Waals surface area (Å²) in [5.74, 6) is -0.328. The van der Waals surface area contributed by atoms with Crippen LogP contribution in [0.1, 0.15) is 0 Å². The summed E-state index contributed by atoms with van der Waals surface area (Å²) < 4.78 is 20.7. The third kappa shape index (κ3) is 1.92. The molecular weight excluding hydrogens is 188 g/mol. The zero-order valence-electron chi connectivity index (χ0n) is 5.28. The lowest BCUT2D eigenvalue weighted by Gasteiger charge is -2.06. The molecular formula is C6H4ClO3S-. The van der Waals surface area contributed by atoms with E-state index in [-0.39, 0.29) is 10.6 Å². The maximum Gasteiger partial charge on any atom is 0.132 e. The molecule has 60 valence electrons. The van der Waals surface area contributed by atoms with Crippen molar-refractivity contribution in [3.05, 3.63) is 23.2 Å². The first-order chi connectivity index (χ1) is 5.11. The van der Waals surface area contributed by atoms with Crippen LogP contribution in [0, 0.1) is 0 Å². The second-order valence-corrected chi connectivity index (χ2v) is 3.19. The molecule has 0 saturated heterocycles. The maximum absolute atomic E-state index is 10.3. The van der Waals surface area contributed by atoms with Gasteiger partial charge in [-0.15, -0.1) is 0 Å². The van der Waals surface area contributed by atoms with Gasteiger partial charge in [-0.3, -0.25) is 4.21 Å². The Kier molecular flexibility index (Phi) is 2.49. The second-order valence-electron chi connectivity index (χ2n) is 1.85. The van der Waals surface area contributed by atoms with Crippen LogP contribution < -0.4 is 0 Å². The van der Waals surface area contributed by atoms with Crippen LogP contribution in [0.15, 0.2) is 23.1 Å². The van der Waals surface area contributed by atoms with E-state index in [0.29, 0.717) is 5.02 Å². The van der Waals surface area contributed by atoms with Crippen LogP contribution >= 0.6 is 11.6 Å². The van der Waals surface area contributed by atoms with Gasteiger partial charge >= 0.3 is 0 Å². The molecule has 0 saturated carbocycles. The van der Waals surface area contributed by atoms with Crippen molar-refractivity contribution in [2.45, 2.75) is 4.90 Å². The van der Waals surface area contributed by atoms with Gasteiger partial charge in [0, 0.05) is 5.02 Å². The molecule has 11 heavy (non-hydrogen) atoms. The number of benzene rings is 1. The molecule has 0 amide bonds. The Bertz CT molecular complexity index is 300. The molecule has 0 aliphatic rings. The summed E-state index contributed by atoms with van der Waals surface area (Å²) >= 11 is 3.05. The van der Waals surface area contributed by atoms with Gasteiger partial charge in [0.1, 0.15) is 5.75 Å². The highest BCUT2D eigenvalue weighted by atomic mass is 35.5. The van der Waals surface area contributed by atoms with Crippen molar-refractivity contribution >= 4 is 22.7 Å². The molecule has 0 heterocycles. The molecule has 0 spiro atoms. The van der Waals surface area contributed by atoms with E-state index in [1.165, 1.54) is 18.2 Å². The summed E-state index contributed by atoms with van der Waals surface area (Å²) in [5.41, 5.74) is 0. The van der Waals surface area contributed by atoms with Crippen molar-refractivity contribution in [2.24, 2.45) is 0 Å². The number of aromatic hydroxyl groups is 1. The third-order valence-electron chi connectivity index (χ3n) is 1.10. The highest BCUT2D eigenvalue weighted by molar-refractivity contribution is 7.79. The van der Waals surface area contributed by atoms with Gasteiger partial charge < -0.3 is 9.66 Å². The van der Waals surface area contributed by atoms with Gasteiger partial charge in [-0.25, -0.2) is 0 Å². The predicted molar refractivity (Wildman–Crippen MR) is 40.3 cm³/mol. The van der Waals surface area contributed by atoms with Crippen molar-refractivity contribution in [1.29, 1.82) is 0 Å². The Balaban J connectivity index is 3.20. The van der Waals surface area contributed by atoms with Crippen LogP contribution in [-0.2, 0) is 11.1 Å². The van der Waals surface area contributed by atoms with E-state index in [1.807, 2.05) is 0 Å². The Hall–Kier alpha value is -0.580. The summed E-state index contributed by atoms with van der Waals surface area (Å²) in [6, 6.07) is 3.81. The molecule has 1 unspecified atom stereocenters. The van der Waals surface area contributed by atoms with Crippen molar-refractivity contribution in [3.63, 3.8) is 0 Å². The summed E-state index contributed by atoms with van der Waals surface area (Å²) in [6.45, 7) is 0. The van der Waals surface area contributed by atoms with Gasteiger partial charge in [0.25, 0.3) is 0 Å². The van der Waals surface area contributed by atoms with E-state index < -0.39 is 11.1 Å². The molecule has 3 nitrogen and oxygen atoms in total. The Morgan fingerprint density at radius 2 is 2.18 bits per heavy atom. The molecule has 0 radical (unpaired) electrons. The van der Waals surface area contributed by atoms with Gasteiger partial charge in [0.2, 0.25) is 0 Å². The van der Waals surface area contributed by atoms with Crippen LogP contribution in [0.25, 0.3) is 0 Å². The Morgan fingerprint density at radius 3 is 2.64 bits per heavy atom. The van der Waals surface area contributed by atoms with E-state index in [1.54, 1.807) is 0 Å². The van der Waals surface area contributed by atoms with Gasteiger partial charge in [0.05, 0.1) is 4.90 Å². The van der Waals surface area contributed by atoms with Gasteiger partial charge in [-0.2, -0.15) is 0 Å². The van der Waals surface area contributed by atoms with Gasteiger partial charge in [-0.1, -0.05) is 11.6 Å². The smallest absolute Gasteiger partial charge is 0.132 e. The monoisotopic (exact) mass is 191 g/mol. The standard InChI is InChI=1S/C6H5ClO3S/c7-4-1-2-6(11(9)10)5(8)3-4/h1-3,8H,(H,9,10)/p-1. The largest absolute Gasteiger partial charge is 0.768 e. The van der Waals surface area contributed by atoms with Crippen LogP contribution in [0.4, 0.5) is 0 Å². The average molecular weight is 192 g/mol. The topological polar surface area (TPSA) is 60.4 Å². The van der Waals surface area contributed by atoms with Crippen LogP contribution in [0.3, 0.4) is 0 Å². The quantitative estimate of drug-likeness (QED) is 0.681. The van der Waals surface area contributed by atoms with Gasteiger partial charge in [-0.05, 0) is 29.3 Å². The molecule has 1 N–H and O–H groups in total. The first-order valence-electron chi connectivity index (χ1n) is 2.69. The molecule has 0 aromatic heterocycles.